The third-order valence-corrected chi connectivity index (χ3v) is 3.17. The zero-order chi connectivity index (χ0) is 11.2. The van der Waals surface area contributed by atoms with Crippen molar-refractivity contribution in [3.8, 4) is 0 Å². The van der Waals surface area contributed by atoms with Gasteiger partial charge in [-0.1, -0.05) is 4.49 Å². The molecule has 1 amide bonds. The van der Waals surface area contributed by atoms with Crippen LogP contribution in [0.1, 0.15) is 9.67 Å². The van der Waals surface area contributed by atoms with Crippen molar-refractivity contribution < 1.29 is 4.79 Å². The molecular formula is C9H16ClN5OS. The van der Waals surface area contributed by atoms with E-state index >= 15 is 0 Å². The topological polar surface area (TPSA) is 70.2 Å². The highest BCUT2D eigenvalue weighted by molar-refractivity contribution is 7.07. The molecule has 2 rings (SSSR count). The number of amides is 1. The van der Waals surface area contributed by atoms with E-state index in [0.717, 1.165) is 44.3 Å². The Kier molecular flexibility index (Phi) is 6.35. The Morgan fingerprint density at radius 1 is 1.53 bits per heavy atom. The maximum Gasteiger partial charge on any atom is 0.264 e. The summed E-state index contributed by atoms with van der Waals surface area (Å²) >= 11 is 1.12. The fraction of sp³-hybridized carbons (Fsp3) is 0.667. The molecule has 0 spiro atoms. The highest BCUT2D eigenvalue weighted by Crippen LogP contribution is 2.00. The second kappa shape index (κ2) is 7.54. The van der Waals surface area contributed by atoms with E-state index in [0.29, 0.717) is 11.4 Å². The Hall–Kier alpha value is -0.760. The number of nitrogens with one attached hydrogen (secondary N) is 2. The van der Waals surface area contributed by atoms with Crippen LogP contribution in [0.5, 0.6) is 0 Å². The van der Waals surface area contributed by atoms with Gasteiger partial charge in [0, 0.05) is 39.3 Å². The minimum Gasteiger partial charge on any atom is -0.350 e. The fourth-order valence-corrected chi connectivity index (χ4v) is 2.05. The maximum absolute atomic E-state index is 11.5. The van der Waals surface area contributed by atoms with Gasteiger partial charge in [0.2, 0.25) is 0 Å². The molecule has 1 aliphatic heterocycles. The Labute approximate surface area is 110 Å². The molecule has 0 aromatic carbocycles. The summed E-state index contributed by atoms with van der Waals surface area (Å²) in [5.41, 5.74) is 0. The smallest absolute Gasteiger partial charge is 0.264 e. The second-order valence-electron chi connectivity index (χ2n) is 3.63. The highest BCUT2D eigenvalue weighted by Gasteiger charge is 2.11. The standard InChI is InChI=1S/C9H15N5OS.ClH/c15-9(8-7-12-13-16-8)11-3-6-14-4-1-10-2-5-14;/h7,10H,1-6H2,(H,11,15);1H. The summed E-state index contributed by atoms with van der Waals surface area (Å²) < 4.78 is 3.65. The monoisotopic (exact) mass is 277 g/mol. The lowest BCUT2D eigenvalue weighted by Crippen LogP contribution is -2.46. The molecule has 1 fully saturated rings. The Morgan fingerprint density at radius 2 is 2.29 bits per heavy atom. The number of hydrogen-bond acceptors (Lipinski definition) is 6. The molecule has 8 heteroatoms. The summed E-state index contributed by atoms with van der Waals surface area (Å²) in [4.78, 5) is 14.4. The summed E-state index contributed by atoms with van der Waals surface area (Å²) in [7, 11) is 0. The van der Waals surface area contributed by atoms with Crippen LogP contribution in [0.25, 0.3) is 0 Å². The molecule has 17 heavy (non-hydrogen) atoms. The lowest BCUT2D eigenvalue weighted by atomic mass is 10.3. The van der Waals surface area contributed by atoms with E-state index in [1.54, 1.807) is 0 Å². The number of piperazine rings is 1. The van der Waals surface area contributed by atoms with Crippen molar-refractivity contribution in [2.75, 3.05) is 39.3 Å². The third kappa shape index (κ3) is 4.55. The predicted octanol–water partition coefficient (Wildman–Crippen LogP) is -0.405. The number of nitrogens with zero attached hydrogens (tertiary/aromatic N) is 3. The van der Waals surface area contributed by atoms with E-state index < -0.39 is 0 Å². The van der Waals surface area contributed by atoms with Gasteiger partial charge in [-0.25, -0.2) is 0 Å². The molecule has 96 valence electrons. The van der Waals surface area contributed by atoms with Crippen LogP contribution in [0.15, 0.2) is 6.20 Å². The first-order chi connectivity index (χ1) is 7.86. The van der Waals surface area contributed by atoms with Gasteiger partial charge in [0.15, 0.2) is 0 Å². The Morgan fingerprint density at radius 3 is 2.94 bits per heavy atom. The first kappa shape index (κ1) is 14.3. The van der Waals surface area contributed by atoms with E-state index in [4.69, 9.17) is 0 Å². The van der Waals surface area contributed by atoms with Gasteiger partial charge in [0.1, 0.15) is 4.88 Å². The van der Waals surface area contributed by atoms with E-state index in [9.17, 15) is 4.79 Å². The fourth-order valence-electron chi connectivity index (χ4n) is 1.62. The summed E-state index contributed by atoms with van der Waals surface area (Å²) in [5.74, 6) is -0.0786. The van der Waals surface area contributed by atoms with Crippen LogP contribution in [0.3, 0.4) is 0 Å². The predicted molar refractivity (Wildman–Crippen MR) is 68.8 cm³/mol. The van der Waals surface area contributed by atoms with Crippen LogP contribution in [-0.2, 0) is 0 Å². The number of carbonyl (C=O) groups is 1. The Bertz CT molecular complexity index is 328. The van der Waals surface area contributed by atoms with Crippen LogP contribution in [-0.4, -0.2) is 59.7 Å². The molecule has 1 aromatic rings. The molecule has 6 nitrogen and oxygen atoms in total. The molecule has 0 saturated carbocycles. The van der Waals surface area contributed by atoms with Crippen molar-refractivity contribution in [1.29, 1.82) is 0 Å². The van der Waals surface area contributed by atoms with Crippen molar-refractivity contribution >= 4 is 29.8 Å². The second-order valence-corrected chi connectivity index (χ2v) is 4.41. The summed E-state index contributed by atoms with van der Waals surface area (Å²) in [5, 5.41) is 9.78. The van der Waals surface area contributed by atoms with Crippen LogP contribution in [0.2, 0.25) is 0 Å². The van der Waals surface area contributed by atoms with Crippen molar-refractivity contribution in [2.45, 2.75) is 0 Å². The van der Waals surface area contributed by atoms with Crippen molar-refractivity contribution in [2.24, 2.45) is 0 Å². The van der Waals surface area contributed by atoms with Crippen molar-refractivity contribution in [3.05, 3.63) is 11.1 Å². The first-order valence-corrected chi connectivity index (χ1v) is 6.12. The summed E-state index contributed by atoms with van der Waals surface area (Å²) in [6.07, 6.45) is 1.49. The third-order valence-electron chi connectivity index (χ3n) is 2.51. The average molecular weight is 278 g/mol. The van der Waals surface area contributed by atoms with Gasteiger partial charge in [-0.3, -0.25) is 9.69 Å². The van der Waals surface area contributed by atoms with Crippen molar-refractivity contribution in [1.82, 2.24) is 25.1 Å². The van der Waals surface area contributed by atoms with Crippen LogP contribution >= 0.6 is 23.9 Å². The molecule has 0 unspecified atom stereocenters. The molecule has 1 aliphatic rings. The Balaban J connectivity index is 0.00000144. The van der Waals surface area contributed by atoms with Crippen LogP contribution < -0.4 is 10.6 Å². The van der Waals surface area contributed by atoms with Crippen LogP contribution in [0, 0.1) is 0 Å². The normalized spacial score (nSPS) is 16.2. The van der Waals surface area contributed by atoms with E-state index in [1.807, 2.05) is 0 Å². The van der Waals surface area contributed by atoms with Gasteiger partial charge in [-0.05, 0) is 11.5 Å². The van der Waals surface area contributed by atoms with Crippen molar-refractivity contribution in [3.63, 3.8) is 0 Å². The van der Waals surface area contributed by atoms with Gasteiger partial charge in [-0.15, -0.1) is 17.5 Å². The largest absolute Gasteiger partial charge is 0.350 e. The quantitative estimate of drug-likeness (QED) is 0.783. The first-order valence-electron chi connectivity index (χ1n) is 5.35. The minimum absolute atomic E-state index is 0. The number of aromatic nitrogens is 2. The molecule has 0 bridgehead atoms. The van der Waals surface area contributed by atoms with E-state index in [2.05, 4.69) is 25.1 Å². The molecular weight excluding hydrogens is 262 g/mol. The van der Waals surface area contributed by atoms with E-state index in [1.165, 1.54) is 6.20 Å². The van der Waals surface area contributed by atoms with Gasteiger partial charge < -0.3 is 10.6 Å². The number of carbonyl (C=O) groups excluding carboxylic acids is 1. The minimum atomic E-state index is -0.0786. The van der Waals surface area contributed by atoms with Crippen LogP contribution in [0.4, 0.5) is 0 Å². The number of halogens is 1. The zero-order valence-electron chi connectivity index (χ0n) is 9.39. The SMILES string of the molecule is Cl.O=C(NCCN1CCNCC1)c1cnns1. The molecule has 1 aromatic heterocycles. The number of rotatable bonds is 4. The molecule has 1 saturated heterocycles. The van der Waals surface area contributed by atoms with Gasteiger partial charge in [0.25, 0.3) is 5.91 Å². The average Bonchev–Trinajstić information content (AvgIpc) is 2.84. The van der Waals surface area contributed by atoms with Gasteiger partial charge in [-0.2, -0.15) is 0 Å². The number of hydrogen-bond donors (Lipinski definition) is 2. The summed E-state index contributed by atoms with van der Waals surface area (Å²) in [6.45, 7) is 5.76. The lowest BCUT2D eigenvalue weighted by Gasteiger charge is -2.26. The van der Waals surface area contributed by atoms with Gasteiger partial charge >= 0.3 is 0 Å². The summed E-state index contributed by atoms with van der Waals surface area (Å²) in [6, 6.07) is 0. The maximum atomic E-state index is 11.5. The lowest BCUT2D eigenvalue weighted by molar-refractivity contribution is 0.0951. The molecule has 0 radical (unpaired) electrons. The molecule has 2 heterocycles. The molecule has 0 aliphatic carbocycles. The van der Waals surface area contributed by atoms with E-state index in [-0.39, 0.29) is 18.3 Å². The highest BCUT2D eigenvalue weighted by atomic mass is 35.5. The molecule has 2 N–H and O–H groups in total. The molecule has 0 atom stereocenters. The zero-order valence-corrected chi connectivity index (χ0v) is 11.0. The van der Waals surface area contributed by atoms with Gasteiger partial charge in [0.05, 0.1) is 6.20 Å².